The number of benzene rings is 1. The monoisotopic (exact) mass is 1130 g/mol. The number of aliphatic hydroxyl groups is 1. The number of ketones is 1. The number of fused-ring (bicyclic) bond motifs is 1. The highest BCUT2D eigenvalue weighted by molar-refractivity contribution is 7.90. The van der Waals surface area contributed by atoms with Crippen LogP contribution in [-0.4, -0.2) is 195 Å². The second-order valence-corrected chi connectivity index (χ2v) is 25.1. The van der Waals surface area contributed by atoms with Gasteiger partial charge in [0.1, 0.15) is 36.8 Å². The summed E-state index contributed by atoms with van der Waals surface area (Å²) in [7, 11) is 4.66. The lowest BCUT2D eigenvalue weighted by Gasteiger charge is -2.50. The van der Waals surface area contributed by atoms with Crippen molar-refractivity contribution in [3.8, 4) is 0 Å². The van der Waals surface area contributed by atoms with E-state index in [0.717, 1.165) is 6.26 Å². The van der Waals surface area contributed by atoms with E-state index < -0.39 is 136 Å². The summed E-state index contributed by atoms with van der Waals surface area (Å²) in [5.41, 5.74) is -2.21. The first-order valence-corrected chi connectivity index (χ1v) is 29.0. The normalized spacial score (nSPS) is 38.2. The molecule has 2 aromatic rings. The van der Waals surface area contributed by atoms with Gasteiger partial charge in [0.05, 0.1) is 58.2 Å². The van der Waals surface area contributed by atoms with Gasteiger partial charge >= 0.3 is 12.1 Å². The van der Waals surface area contributed by atoms with Gasteiger partial charge in [-0.25, -0.2) is 22.3 Å². The molecule has 1 aromatic heterocycles. The number of Topliss-reactive ketones (excluding diaryl/α,β-unsaturated/α-hetero) is 1. The van der Waals surface area contributed by atoms with Crippen molar-refractivity contribution in [1.82, 2.24) is 24.8 Å². The Kier molecular flexibility index (Phi) is 21.7. The van der Waals surface area contributed by atoms with Crippen LogP contribution < -0.4 is 0 Å². The summed E-state index contributed by atoms with van der Waals surface area (Å²) in [4.78, 5) is 46.6. The smallest absolute Gasteiger partial charge is 0.410 e. The number of likely N-dealkylation sites (N-methyl/N-ethyl adjacent to an activating group) is 2. The minimum absolute atomic E-state index is 0. The molecule has 0 radical (unpaired) electrons. The fraction of sp³-hybridized carbons (Fsp3) is 0.800. The number of aromatic nitrogens is 3. The van der Waals surface area contributed by atoms with Gasteiger partial charge < -0.3 is 63.0 Å². The number of sulfone groups is 1. The number of nitrogens with zero attached hydrogens (tertiary/aromatic N) is 5. The molecule has 21 nitrogen and oxygen atoms in total. The third-order valence-corrected chi connectivity index (χ3v) is 18.9. The van der Waals surface area contributed by atoms with E-state index in [9.17, 15) is 32.3 Å². The Bertz CT molecular complexity index is 2450. The zero-order chi connectivity index (χ0) is 57.3. The van der Waals surface area contributed by atoms with E-state index in [0.29, 0.717) is 37.1 Å². The molecule has 78 heavy (non-hydrogen) atoms. The Labute approximate surface area is 462 Å². The number of hydrogen-bond acceptors (Lipinski definition) is 18. The first-order valence-electron chi connectivity index (χ1n) is 27.1. The molecular weight excluding hydrogens is 1040 g/mol. The summed E-state index contributed by atoms with van der Waals surface area (Å²) < 4.78 is 98.3. The van der Waals surface area contributed by atoms with Crippen LogP contribution in [0.2, 0.25) is 0 Å². The van der Waals surface area contributed by atoms with E-state index in [1.807, 2.05) is 60.4 Å². The maximum atomic E-state index is 14.9. The topological polar surface area (TPSA) is 257 Å². The molecule has 4 aliphatic heterocycles. The molecule has 0 saturated carbocycles. The fourth-order valence-corrected chi connectivity index (χ4v) is 13.3. The van der Waals surface area contributed by atoms with Crippen molar-refractivity contribution in [2.24, 2.45) is 29.6 Å². The molecule has 446 valence electrons. The number of hydrogen-bond donors (Lipinski definition) is 1. The second-order valence-electron chi connectivity index (χ2n) is 23.1. The number of halogens is 1. The van der Waals surface area contributed by atoms with Crippen molar-refractivity contribution in [2.45, 2.75) is 203 Å². The predicted octanol–water partition coefficient (Wildman–Crippen LogP) is 5.74. The average molecular weight is 1130 g/mol. The molecule has 4 aliphatic rings. The highest BCUT2D eigenvalue weighted by atomic mass is 32.2. The number of cyclic esters (lactones) is 1. The molecule has 4 fully saturated rings. The maximum absolute atomic E-state index is 14.9. The Balaban J connectivity index is 0.00000672. The van der Waals surface area contributed by atoms with Crippen LogP contribution in [0, 0.1) is 29.6 Å². The molecule has 3 N–H and O–H groups in total. The van der Waals surface area contributed by atoms with Crippen LogP contribution in [-0.2, 0) is 68.5 Å². The summed E-state index contributed by atoms with van der Waals surface area (Å²) in [5.74, 6) is -3.97. The van der Waals surface area contributed by atoms with Crippen molar-refractivity contribution in [3.63, 3.8) is 0 Å². The lowest BCUT2D eigenvalue weighted by molar-refractivity contribution is -0.315. The summed E-state index contributed by atoms with van der Waals surface area (Å²) in [5, 5.41) is 21.0. The van der Waals surface area contributed by atoms with Gasteiger partial charge in [-0.05, 0) is 85.5 Å². The fourth-order valence-electron chi connectivity index (χ4n) is 12.6. The van der Waals surface area contributed by atoms with Gasteiger partial charge in [0, 0.05) is 91.4 Å². The standard InChI is InChI=1S/C55H88FN5O15S.H2O.H2/c1-18-42-55(11)48(60(13)52(65)76-55)32(4)44(62)30(2)26-54(10,70-16)49(33(5)46(34(6)50(64)73-42)74-43-27-53(9,69-15)35(7)36(8)72-43)75-51-45(63)40(25-31(3)71-51)59(12)24-23-38-29-61(58-57-38)41(28-56)47(68-14)37-19-21-39(22-20-37)77(17,66)67;;/h19-22,29-36,40-43,45-49,51,63H,18,23-28H2,1-17H3;1H2;1H/t30-,31-,32+,33+,34-,35+,36+,40+,41-,42-,43+,45-,46+,47-,48-,49-,51+,53-,54-,55-;;/m1../s1. The van der Waals surface area contributed by atoms with Crippen molar-refractivity contribution in [2.75, 3.05) is 54.9 Å². The van der Waals surface area contributed by atoms with Crippen LogP contribution in [0.4, 0.5) is 9.18 Å². The zero-order valence-corrected chi connectivity index (χ0v) is 49.7. The van der Waals surface area contributed by atoms with Crippen LogP contribution in [0.25, 0.3) is 0 Å². The van der Waals surface area contributed by atoms with Gasteiger partial charge in [-0.2, -0.15) is 0 Å². The van der Waals surface area contributed by atoms with E-state index in [1.54, 1.807) is 53.3 Å². The number of carbonyl (C=O) groups excluding carboxylic acids is 3. The van der Waals surface area contributed by atoms with E-state index >= 15 is 0 Å². The van der Waals surface area contributed by atoms with Gasteiger partial charge in [0.15, 0.2) is 28.0 Å². The van der Waals surface area contributed by atoms with Gasteiger partial charge in [-0.1, -0.05) is 52.0 Å². The molecule has 20 atom stereocenters. The van der Waals surface area contributed by atoms with Crippen LogP contribution in [0.15, 0.2) is 35.4 Å². The molecule has 0 unspecified atom stereocenters. The van der Waals surface area contributed by atoms with E-state index in [-0.39, 0.29) is 42.4 Å². The van der Waals surface area contributed by atoms with Gasteiger partial charge in [0.2, 0.25) is 0 Å². The summed E-state index contributed by atoms with van der Waals surface area (Å²) in [6.07, 6.45) is -4.13. The van der Waals surface area contributed by atoms with Gasteiger partial charge in [-0.15, -0.1) is 5.10 Å². The van der Waals surface area contributed by atoms with Crippen molar-refractivity contribution < 1.29 is 81.8 Å². The van der Waals surface area contributed by atoms with Crippen molar-refractivity contribution >= 4 is 27.7 Å². The highest BCUT2D eigenvalue weighted by Gasteiger charge is 2.60. The van der Waals surface area contributed by atoms with Crippen molar-refractivity contribution in [3.05, 3.63) is 41.7 Å². The van der Waals surface area contributed by atoms with Crippen LogP contribution in [0.1, 0.15) is 127 Å². The molecule has 0 spiro atoms. The molecule has 1 amide bonds. The maximum Gasteiger partial charge on any atom is 0.410 e. The summed E-state index contributed by atoms with van der Waals surface area (Å²) in [6.45, 7) is 20.1. The number of esters is 1. The Morgan fingerprint density at radius 2 is 1.59 bits per heavy atom. The van der Waals surface area contributed by atoms with E-state index in [2.05, 4.69) is 17.2 Å². The molecule has 0 bridgehead atoms. The lowest BCUT2D eigenvalue weighted by atomic mass is 9.73. The minimum Gasteiger partial charge on any atom is -0.458 e. The van der Waals surface area contributed by atoms with Crippen molar-refractivity contribution in [1.29, 1.82) is 0 Å². The number of alkyl halides is 1. The molecule has 5 heterocycles. The number of carbonyl (C=O) groups is 3. The number of methoxy groups -OCH3 is 3. The molecule has 4 saturated heterocycles. The Morgan fingerprint density at radius 1 is 0.949 bits per heavy atom. The first-order chi connectivity index (χ1) is 36.0. The number of rotatable bonds is 17. The predicted molar refractivity (Wildman–Crippen MR) is 287 cm³/mol. The third-order valence-electron chi connectivity index (χ3n) is 17.8. The molecule has 0 aliphatic carbocycles. The molecule has 23 heteroatoms. The number of aliphatic hydroxyl groups excluding tert-OH is 1. The lowest BCUT2D eigenvalue weighted by Crippen LogP contribution is -2.61. The Morgan fingerprint density at radius 3 is 2.17 bits per heavy atom. The number of ether oxygens (including phenoxy) is 9. The Hall–Kier alpha value is -3.75. The minimum atomic E-state index is -3.44. The van der Waals surface area contributed by atoms with Crippen LogP contribution >= 0.6 is 0 Å². The highest BCUT2D eigenvalue weighted by Crippen LogP contribution is 2.45. The van der Waals surface area contributed by atoms with Crippen LogP contribution in [0.3, 0.4) is 0 Å². The second kappa shape index (κ2) is 26.0. The van der Waals surface area contributed by atoms with E-state index in [4.69, 9.17) is 42.6 Å². The molecular formula is C55H92FN5O16S. The number of amides is 1. The van der Waals surface area contributed by atoms with Crippen LogP contribution in [0.5, 0.6) is 0 Å². The quantitative estimate of drug-likeness (QED) is 0.185. The zero-order valence-electron chi connectivity index (χ0n) is 48.8. The summed E-state index contributed by atoms with van der Waals surface area (Å²) >= 11 is 0. The average Bonchev–Trinajstić information content (AvgIpc) is 4.01. The SMILES string of the molecule is CC[C@H]1OC(=O)[C@H](C)[C@@H](O[C@H]2C[C@@](C)(OC)[C@@H](C)[C@H](C)O2)[C@H](C)[C@@H](O[C@@H]2O[C@H](C)C[C@H](N(C)CCc3cn([C@H](CF)[C@H](OC)c4ccc(S(C)(=O)=O)cc4)nn3)[C@H]2O)[C@](C)(OC)C[C@@H](C)C(=O)[C@H](C)[C@H]2N(C)C(=O)O[C@]12C.O.[HH]. The third kappa shape index (κ3) is 13.4. The summed E-state index contributed by atoms with van der Waals surface area (Å²) in [6, 6.07) is 3.91. The largest absolute Gasteiger partial charge is 0.458 e. The first kappa shape index (κ1) is 65.1. The van der Waals surface area contributed by atoms with Gasteiger partial charge in [0.25, 0.3) is 0 Å². The van der Waals surface area contributed by atoms with Gasteiger partial charge in [-0.3, -0.25) is 9.59 Å². The molecule has 6 rings (SSSR count). The molecule has 1 aromatic carbocycles. The van der Waals surface area contributed by atoms with E-state index in [1.165, 1.54) is 35.9 Å².